The van der Waals surface area contributed by atoms with Crippen molar-refractivity contribution in [1.29, 1.82) is 0 Å². The zero-order valence-corrected chi connectivity index (χ0v) is 18.0. The van der Waals surface area contributed by atoms with Crippen molar-refractivity contribution >= 4 is 17.8 Å². The van der Waals surface area contributed by atoms with Crippen molar-refractivity contribution in [2.75, 3.05) is 6.54 Å². The number of urea groups is 1. The predicted octanol–water partition coefficient (Wildman–Crippen LogP) is 2.70. The summed E-state index contributed by atoms with van der Waals surface area (Å²) in [5, 5.41) is 7.89. The summed E-state index contributed by atoms with van der Waals surface area (Å²) in [5.41, 5.74) is 3.08. The van der Waals surface area contributed by atoms with Gasteiger partial charge in [-0.25, -0.2) is 4.79 Å². The Balaban J connectivity index is 1.58. The predicted molar refractivity (Wildman–Crippen MR) is 116 cm³/mol. The maximum Gasteiger partial charge on any atom is 0.322 e. The number of nitrogens with one attached hydrogen (secondary N) is 3. The summed E-state index contributed by atoms with van der Waals surface area (Å²) < 4.78 is 5.97. The number of amides is 4. The number of imide groups is 1. The summed E-state index contributed by atoms with van der Waals surface area (Å²) >= 11 is 0. The largest absolute Gasteiger partial charge is 0.489 e. The van der Waals surface area contributed by atoms with Gasteiger partial charge in [-0.1, -0.05) is 35.9 Å². The van der Waals surface area contributed by atoms with Crippen molar-refractivity contribution in [3.63, 3.8) is 0 Å². The van der Waals surface area contributed by atoms with E-state index < -0.39 is 29.3 Å². The number of benzene rings is 2. The number of aryl methyl sites for hydroxylation is 2. The highest BCUT2D eigenvalue weighted by Gasteiger charge is 2.53. The maximum absolute atomic E-state index is 12.6. The van der Waals surface area contributed by atoms with Crippen LogP contribution in [-0.2, 0) is 16.2 Å². The first-order chi connectivity index (χ1) is 14.8. The van der Waals surface area contributed by atoms with Crippen molar-refractivity contribution in [1.82, 2.24) is 16.0 Å². The Hall–Kier alpha value is -3.35. The Morgan fingerprint density at radius 3 is 2.45 bits per heavy atom. The van der Waals surface area contributed by atoms with Gasteiger partial charge in [-0.05, 0) is 56.0 Å². The molecule has 2 aromatic rings. The number of ether oxygens (including phenoxy) is 1. The van der Waals surface area contributed by atoms with E-state index in [0.29, 0.717) is 25.3 Å². The van der Waals surface area contributed by atoms with Crippen LogP contribution in [0.5, 0.6) is 5.75 Å². The van der Waals surface area contributed by atoms with Crippen molar-refractivity contribution in [3.8, 4) is 5.75 Å². The topological polar surface area (TPSA) is 96.5 Å². The van der Waals surface area contributed by atoms with Crippen molar-refractivity contribution in [2.24, 2.45) is 5.92 Å². The molecule has 7 heteroatoms. The quantitative estimate of drug-likeness (QED) is 0.625. The molecule has 2 heterocycles. The molecule has 0 radical (unpaired) electrons. The second-order valence-corrected chi connectivity index (χ2v) is 8.56. The molecule has 3 atom stereocenters. The van der Waals surface area contributed by atoms with E-state index in [4.69, 9.17) is 4.74 Å². The van der Waals surface area contributed by atoms with Crippen LogP contribution in [0.15, 0.2) is 42.5 Å². The van der Waals surface area contributed by atoms with Crippen LogP contribution in [0.2, 0.25) is 0 Å². The molecule has 7 nitrogen and oxygen atoms in total. The van der Waals surface area contributed by atoms with Crippen LogP contribution in [0.4, 0.5) is 4.79 Å². The molecule has 4 amide bonds. The minimum atomic E-state index is -1.20. The van der Waals surface area contributed by atoms with Gasteiger partial charge in [0.1, 0.15) is 17.9 Å². The Morgan fingerprint density at radius 1 is 1.10 bits per heavy atom. The van der Waals surface area contributed by atoms with E-state index in [1.54, 1.807) is 6.92 Å². The molecule has 3 unspecified atom stereocenters. The number of rotatable bonds is 6. The van der Waals surface area contributed by atoms with Gasteiger partial charge >= 0.3 is 6.03 Å². The number of carbonyl (C=O) groups excluding carboxylic acids is 3. The first-order valence-corrected chi connectivity index (χ1v) is 10.5. The third kappa shape index (κ3) is 4.00. The van der Waals surface area contributed by atoms with E-state index in [-0.39, 0.29) is 5.91 Å². The van der Waals surface area contributed by atoms with Crippen LogP contribution >= 0.6 is 0 Å². The van der Waals surface area contributed by atoms with E-state index >= 15 is 0 Å². The fraction of sp³-hybridized carbons (Fsp3) is 0.375. The lowest BCUT2D eigenvalue weighted by Gasteiger charge is -2.35. The monoisotopic (exact) mass is 421 g/mol. The molecule has 0 spiro atoms. The molecular weight excluding hydrogens is 394 g/mol. The highest BCUT2D eigenvalue weighted by Crippen LogP contribution is 2.40. The SMILES string of the molecule is Cc1ccc(C)c(COc2ccc(C(C3CCNC3=O)C3(C)NC(=O)NC3=O)cc2)c1. The van der Waals surface area contributed by atoms with Gasteiger partial charge in [0, 0.05) is 18.4 Å². The lowest BCUT2D eigenvalue weighted by molar-refractivity contribution is -0.127. The van der Waals surface area contributed by atoms with Gasteiger partial charge < -0.3 is 15.4 Å². The molecule has 31 heavy (non-hydrogen) atoms. The molecule has 0 saturated carbocycles. The molecule has 0 bridgehead atoms. The molecule has 0 aliphatic carbocycles. The van der Waals surface area contributed by atoms with Crippen molar-refractivity contribution < 1.29 is 19.1 Å². The summed E-state index contributed by atoms with van der Waals surface area (Å²) in [7, 11) is 0. The molecule has 2 aliphatic rings. The van der Waals surface area contributed by atoms with Gasteiger partial charge in [0.15, 0.2) is 0 Å². The Labute approximate surface area is 181 Å². The fourth-order valence-electron chi connectivity index (χ4n) is 4.56. The highest BCUT2D eigenvalue weighted by atomic mass is 16.5. The molecule has 4 rings (SSSR count). The molecule has 2 aliphatic heterocycles. The standard InChI is InChI=1S/C24H27N3O4/c1-14-4-5-15(2)17(12-14)13-31-18-8-6-16(7-9-18)20(19-10-11-25-21(19)28)24(3)22(29)26-23(30)27-24/h4-9,12,19-20H,10-11,13H2,1-3H3,(H,25,28)(H2,26,27,29,30). The van der Waals surface area contributed by atoms with Crippen LogP contribution in [-0.4, -0.2) is 29.9 Å². The van der Waals surface area contributed by atoms with E-state index in [0.717, 1.165) is 11.1 Å². The molecule has 2 fully saturated rings. The van der Waals surface area contributed by atoms with E-state index in [2.05, 4.69) is 48.0 Å². The number of hydrogen-bond acceptors (Lipinski definition) is 4. The van der Waals surface area contributed by atoms with Gasteiger partial charge in [-0.3, -0.25) is 14.9 Å². The average Bonchev–Trinajstić information content (AvgIpc) is 3.26. The summed E-state index contributed by atoms with van der Waals surface area (Å²) in [6.45, 7) is 6.80. The second kappa shape index (κ2) is 8.06. The Bertz CT molecular complexity index is 1030. The smallest absolute Gasteiger partial charge is 0.322 e. The molecule has 162 valence electrons. The second-order valence-electron chi connectivity index (χ2n) is 8.56. The van der Waals surface area contributed by atoms with Crippen molar-refractivity contribution in [3.05, 3.63) is 64.7 Å². The molecule has 3 N–H and O–H groups in total. The summed E-state index contributed by atoms with van der Waals surface area (Å²) in [6.07, 6.45) is 0.604. The van der Waals surface area contributed by atoms with Crippen LogP contribution in [0.1, 0.15) is 41.5 Å². The minimum absolute atomic E-state index is 0.101. The van der Waals surface area contributed by atoms with Crippen molar-refractivity contribution in [2.45, 2.75) is 45.3 Å². The first kappa shape index (κ1) is 20.9. The van der Waals surface area contributed by atoms with Gasteiger partial charge in [-0.15, -0.1) is 0 Å². The summed E-state index contributed by atoms with van der Waals surface area (Å²) in [6, 6.07) is 13.2. The van der Waals surface area contributed by atoms with E-state index in [9.17, 15) is 14.4 Å². The normalized spacial score (nSPS) is 23.8. The van der Waals surface area contributed by atoms with Crippen LogP contribution in [0.25, 0.3) is 0 Å². The van der Waals surface area contributed by atoms with Crippen LogP contribution in [0.3, 0.4) is 0 Å². The van der Waals surface area contributed by atoms with Crippen LogP contribution < -0.4 is 20.7 Å². The third-order valence-corrected chi connectivity index (χ3v) is 6.33. The Morgan fingerprint density at radius 2 is 1.84 bits per heavy atom. The van der Waals surface area contributed by atoms with E-state index in [1.165, 1.54) is 11.1 Å². The number of carbonyl (C=O) groups is 3. The molecule has 2 saturated heterocycles. The molecular formula is C24H27N3O4. The van der Waals surface area contributed by atoms with Gasteiger partial charge in [0.05, 0.1) is 0 Å². The fourth-order valence-corrected chi connectivity index (χ4v) is 4.56. The molecule has 0 aromatic heterocycles. The average molecular weight is 421 g/mol. The minimum Gasteiger partial charge on any atom is -0.489 e. The molecule has 2 aromatic carbocycles. The lowest BCUT2D eigenvalue weighted by Crippen LogP contribution is -2.52. The third-order valence-electron chi connectivity index (χ3n) is 6.33. The van der Waals surface area contributed by atoms with Gasteiger partial charge in [-0.2, -0.15) is 0 Å². The zero-order valence-electron chi connectivity index (χ0n) is 18.0. The lowest BCUT2D eigenvalue weighted by atomic mass is 9.72. The summed E-state index contributed by atoms with van der Waals surface area (Å²) in [4.78, 5) is 37.0. The van der Waals surface area contributed by atoms with Crippen LogP contribution in [0, 0.1) is 19.8 Å². The Kier molecular flexibility index (Phi) is 5.43. The highest BCUT2D eigenvalue weighted by molar-refractivity contribution is 6.07. The first-order valence-electron chi connectivity index (χ1n) is 10.5. The van der Waals surface area contributed by atoms with E-state index in [1.807, 2.05) is 24.3 Å². The maximum atomic E-state index is 12.6. The van der Waals surface area contributed by atoms with Gasteiger partial charge in [0.2, 0.25) is 5.91 Å². The zero-order chi connectivity index (χ0) is 22.2. The number of hydrogen-bond donors (Lipinski definition) is 3. The van der Waals surface area contributed by atoms with Gasteiger partial charge in [0.25, 0.3) is 5.91 Å². The summed E-state index contributed by atoms with van der Waals surface area (Å²) in [5.74, 6) is -0.720.